The van der Waals surface area contributed by atoms with Crippen molar-refractivity contribution < 1.29 is 18.7 Å². The third-order valence-electron chi connectivity index (χ3n) is 5.09. The summed E-state index contributed by atoms with van der Waals surface area (Å²) in [4.78, 5) is 21.9. The Kier molecular flexibility index (Phi) is 5.68. The van der Waals surface area contributed by atoms with Gasteiger partial charge in [0, 0.05) is 5.39 Å². The minimum Gasteiger partial charge on any atom is -0.486 e. The van der Waals surface area contributed by atoms with Crippen molar-refractivity contribution in [3.05, 3.63) is 66.4 Å². The molecule has 3 heterocycles. The highest BCUT2D eigenvalue weighted by atomic mass is 32.2. The maximum absolute atomic E-state index is 12.7. The molecule has 1 atom stereocenters. The van der Waals surface area contributed by atoms with Crippen LogP contribution in [0.4, 0.5) is 0 Å². The number of aromatic nitrogens is 2. The normalized spacial score (nSPS) is 13.7. The van der Waals surface area contributed by atoms with Crippen molar-refractivity contribution in [2.45, 2.75) is 18.0 Å². The van der Waals surface area contributed by atoms with Gasteiger partial charge in [0.1, 0.15) is 18.2 Å². The van der Waals surface area contributed by atoms with Gasteiger partial charge < -0.3 is 19.2 Å². The molecular weight excluding hydrogens is 426 g/mol. The summed E-state index contributed by atoms with van der Waals surface area (Å²) in [5.74, 6) is 2.68. The lowest BCUT2D eigenvalue weighted by atomic mass is 10.1. The summed E-state index contributed by atoms with van der Waals surface area (Å²) in [6.45, 7) is 3.03. The predicted octanol–water partition coefficient (Wildman–Crippen LogP) is 4.63. The smallest absolute Gasteiger partial charge is 0.230 e. The van der Waals surface area contributed by atoms with Crippen LogP contribution in [-0.2, 0) is 4.79 Å². The van der Waals surface area contributed by atoms with E-state index in [2.05, 4.69) is 15.3 Å². The van der Waals surface area contributed by atoms with E-state index in [9.17, 15) is 4.79 Å². The molecular formula is C24H21N3O4S. The molecule has 4 aromatic rings. The summed E-state index contributed by atoms with van der Waals surface area (Å²) in [6.07, 6.45) is 1.59. The van der Waals surface area contributed by atoms with Gasteiger partial charge in [-0.3, -0.25) is 4.79 Å². The number of para-hydroxylation sites is 1. The van der Waals surface area contributed by atoms with Gasteiger partial charge in [0.2, 0.25) is 5.91 Å². The van der Waals surface area contributed by atoms with Crippen molar-refractivity contribution >= 4 is 28.6 Å². The maximum atomic E-state index is 12.7. The first-order valence-corrected chi connectivity index (χ1v) is 11.3. The Morgan fingerprint density at radius 3 is 2.75 bits per heavy atom. The van der Waals surface area contributed by atoms with Crippen LogP contribution in [0.15, 0.2) is 70.3 Å². The van der Waals surface area contributed by atoms with Crippen molar-refractivity contribution in [2.75, 3.05) is 19.0 Å². The van der Waals surface area contributed by atoms with Gasteiger partial charge in [-0.25, -0.2) is 9.97 Å². The van der Waals surface area contributed by atoms with E-state index in [0.29, 0.717) is 30.5 Å². The molecule has 5 rings (SSSR count). The summed E-state index contributed by atoms with van der Waals surface area (Å²) in [7, 11) is 0. The second-order valence-corrected chi connectivity index (χ2v) is 8.29. The van der Waals surface area contributed by atoms with Crippen LogP contribution >= 0.6 is 11.8 Å². The molecule has 1 aliphatic heterocycles. The Morgan fingerprint density at radius 1 is 1.06 bits per heavy atom. The minimum absolute atomic E-state index is 0.0837. The first-order chi connectivity index (χ1) is 15.7. The molecule has 7 nitrogen and oxygen atoms in total. The fourth-order valence-electron chi connectivity index (χ4n) is 3.50. The summed E-state index contributed by atoms with van der Waals surface area (Å²) in [5, 5.41) is 4.69. The molecule has 0 saturated carbocycles. The average Bonchev–Trinajstić information content (AvgIpc) is 3.37. The lowest BCUT2D eigenvalue weighted by molar-refractivity contribution is -0.119. The Morgan fingerprint density at radius 2 is 1.91 bits per heavy atom. The maximum Gasteiger partial charge on any atom is 0.230 e. The van der Waals surface area contributed by atoms with E-state index in [4.69, 9.17) is 13.9 Å². The zero-order valence-electron chi connectivity index (χ0n) is 17.4. The molecule has 0 bridgehead atoms. The predicted molar refractivity (Wildman–Crippen MR) is 122 cm³/mol. The van der Waals surface area contributed by atoms with Crippen LogP contribution in [0.3, 0.4) is 0 Å². The third-order valence-corrected chi connectivity index (χ3v) is 6.08. The van der Waals surface area contributed by atoms with E-state index in [1.807, 2.05) is 55.5 Å². The molecule has 1 aliphatic rings. The first kappa shape index (κ1) is 20.4. The minimum atomic E-state index is -0.167. The summed E-state index contributed by atoms with van der Waals surface area (Å²) in [5.41, 5.74) is 1.77. The Labute approximate surface area is 189 Å². The van der Waals surface area contributed by atoms with Crippen LogP contribution < -0.4 is 14.8 Å². The highest BCUT2D eigenvalue weighted by Gasteiger charge is 2.17. The Hall–Kier alpha value is -3.52. The van der Waals surface area contributed by atoms with Gasteiger partial charge in [-0.15, -0.1) is 0 Å². The topological polar surface area (TPSA) is 86.5 Å². The molecule has 8 heteroatoms. The van der Waals surface area contributed by atoms with Gasteiger partial charge in [0.05, 0.1) is 23.6 Å². The molecule has 0 saturated heterocycles. The highest BCUT2D eigenvalue weighted by Crippen LogP contribution is 2.33. The standard InChI is InChI=1S/C24H21N3O4S/c1-15(16-8-9-19-21(13-16)31-12-11-30-19)25-22(28)14-32-24-17-5-2-3-6-18(17)26-23(27-24)20-7-4-10-29-20/h2-10,13,15H,11-12,14H2,1H3,(H,25,28)/t15-/m0/s1. The molecule has 0 fully saturated rings. The zero-order valence-corrected chi connectivity index (χ0v) is 18.2. The largest absolute Gasteiger partial charge is 0.486 e. The monoisotopic (exact) mass is 447 g/mol. The van der Waals surface area contributed by atoms with Gasteiger partial charge in [0.15, 0.2) is 23.1 Å². The van der Waals surface area contributed by atoms with Crippen molar-refractivity contribution in [3.8, 4) is 23.1 Å². The van der Waals surface area contributed by atoms with E-state index in [1.165, 1.54) is 11.8 Å². The number of hydrogen-bond donors (Lipinski definition) is 1. The van der Waals surface area contributed by atoms with Crippen molar-refractivity contribution in [2.24, 2.45) is 0 Å². The summed E-state index contributed by atoms with van der Waals surface area (Å²) in [6, 6.07) is 16.9. The van der Waals surface area contributed by atoms with Gasteiger partial charge in [0.25, 0.3) is 0 Å². The van der Waals surface area contributed by atoms with Crippen LogP contribution in [0, 0.1) is 0 Å². The number of nitrogens with zero attached hydrogens (tertiary/aromatic N) is 2. The Bertz CT molecular complexity index is 1260. The van der Waals surface area contributed by atoms with Gasteiger partial charge in [-0.2, -0.15) is 0 Å². The molecule has 1 N–H and O–H groups in total. The summed E-state index contributed by atoms with van der Waals surface area (Å²) >= 11 is 1.38. The molecule has 1 amide bonds. The second kappa shape index (κ2) is 8.92. The third kappa shape index (κ3) is 4.27. The Balaban J connectivity index is 1.29. The number of nitrogens with one attached hydrogen (secondary N) is 1. The van der Waals surface area contributed by atoms with E-state index in [1.54, 1.807) is 12.3 Å². The number of carbonyl (C=O) groups excluding carboxylic acids is 1. The fraction of sp³-hybridized carbons (Fsp3) is 0.208. The first-order valence-electron chi connectivity index (χ1n) is 10.3. The van der Waals surface area contributed by atoms with Crippen molar-refractivity contribution in [1.82, 2.24) is 15.3 Å². The van der Waals surface area contributed by atoms with E-state index in [-0.39, 0.29) is 17.7 Å². The highest BCUT2D eigenvalue weighted by molar-refractivity contribution is 8.00. The molecule has 0 unspecified atom stereocenters. The van der Waals surface area contributed by atoms with Gasteiger partial charge in [-0.05, 0) is 42.8 Å². The fourth-order valence-corrected chi connectivity index (χ4v) is 4.33. The van der Waals surface area contributed by atoms with Crippen LogP contribution in [0.1, 0.15) is 18.5 Å². The SMILES string of the molecule is C[C@H](NC(=O)CSc1nc(-c2ccco2)nc2ccccc12)c1ccc2c(c1)OCCO2. The molecule has 0 radical (unpaired) electrons. The molecule has 0 aliphatic carbocycles. The van der Waals surface area contributed by atoms with E-state index in [0.717, 1.165) is 27.2 Å². The number of carbonyl (C=O) groups is 1. The van der Waals surface area contributed by atoms with E-state index >= 15 is 0 Å². The number of thioether (sulfide) groups is 1. The van der Waals surface area contributed by atoms with Crippen LogP contribution in [0.25, 0.3) is 22.5 Å². The van der Waals surface area contributed by atoms with Crippen LogP contribution in [0.2, 0.25) is 0 Å². The van der Waals surface area contributed by atoms with Crippen molar-refractivity contribution in [3.63, 3.8) is 0 Å². The average molecular weight is 448 g/mol. The molecule has 2 aromatic heterocycles. The number of fused-ring (bicyclic) bond motifs is 2. The lowest BCUT2D eigenvalue weighted by Gasteiger charge is -2.21. The number of benzene rings is 2. The number of amides is 1. The second-order valence-electron chi connectivity index (χ2n) is 7.33. The van der Waals surface area contributed by atoms with Gasteiger partial charge >= 0.3 is 0 Å². The van der Waals surface area contributed by atoms with Crippen LogP contribution in [-0.4, -0.2) is 34.8 Å². The van der Waals surface area contributed by atoms with Crippen molar-refractivity contribution in [1.29, 1.82) is 0 Å². The van der Waals surface area contributed by atoms with Crippen LogP contribution in [0.5, 0.6) is 11.5 Å². The van der Waals surface area contributed by atoms with Gasteiger partial charge in [-0.1, -0.05) is 36.0 Å². The zero-order chi connectivity index (χ0) is 21.9. The quantitative estimate of drug-likeness (QED) is 0.341. The molecule has 32 heavy (non-hydrogen) atoms. The number of hydrogen-bond acceptors (Lipinski definition) is 7. The number of rotatable bonds is 6. The molecule has 0 spiro atoms. The summed E-state index contributed by atoms with van der Waals surface area (Å²) < 4.78 is 16.7. The molecule has 2 aromatic carbocycles. The number of furan rings is 1. The molecule has 162 valence electrons. The number of ether oxygens (including phenoxy) is 2. The lowest BCUT2D eigenvalue weighted by Crippen LogP contribution is -2.28. The van der Waals surface area contributed by atoms with E-state index < -0.39 is 0 Å².